The molecule has 0 bridgehead atoms. The van der Waals surface area contributed by atoms with E-state index in [-0.39, 0.29) is 12.5 Å². The normalized spacial score (nSPS) is 13.4. The fourth-order valence-corrected chi connectivity index (χ4v) is 4.09. The molecule has 25 heavy (non-hydrogen) atoms. The summed E-state index contributed by atoms with van der Waals surface area (Å²) in [6.07, 6.45) is 5.48. The van der Waals surface area contributed by atoms with E-state index in [1.807, 2.05) is 18.2 Å². The minimum absolute atomic E-state index is 0.0462. The first-order chi connectivity index (χ1) is 12.0. The summed E-state index contributed by atoms with van der Waals surface area (Å²) in [7, 11) is 0.160. The van der Waals surface area contributed by atoms with Crippen LogP contribution in [0.1, 0.15) is 32.1 Å². The number of phosphoric acid groups is 1. The first-order valence-corrected chi connectivity index (χ1v) is 11.8. The van der Waals surface area contributed by atoms with Gasteiger partial charge in [-0.05, 0) is 35.8 Å². The molecule has 1 aromatic heterocycles. The highest BCUT2D eigenvalue weighted by atomic mass is 33.1. The maximum atomic E-state index is 11.7. The summed E-state index contributed by atoms with van der Waals surface area (Å²) in [5, 5.41) is 3.82. The number of aromatic nitrogens is 1. The molecule has 1 unspecified atom stereocenters. The Labute approximate surface area is 156 Å². The number of pyridine rings is 1. The van der Waals surface area contributed by atoms with E-state index in [1.54, 1.807) is 27.8 Å². The Balaban J connectivity index is 1.89. The van der Waals surface area contributed by atoms with Crippen molar-refractivity contribution >= 4 is 35.3 Å². The van der Waals surface area contributed by atoms with E-state index in [9.17, 15) is 14.3 Å². The van der Waals surface area contributed by atoms with Crippen LogP contribution in [0.15, 0.2) is 29.4 Å². The molecule has 142 valence electrons. The molecule has 1 N–H and O–H groups in total. The molecule has 10 heteroatoms. The highest BCUT2D eigenvalue weighted by molar-refractivity contribution is 8.76. The third-order valence-electron chi connectivity index (χ3n) is 3.06. The van der Waals surface area contributed by atoms with Gasteiger partial charge >= 0.3 is 0 Å². The van der Waals surface area contributed by atoms with Crippen LogP contribution in [0.5, 0.6) is 0 Å². The van der Waals surface area contributed by atoms with Gasteiger partial charge in [0, 0.05) is 32.0 Å². The van der Waals surface area contributed by atoms with Crippen molar-refractivity contribution in [1.82, 2.24) is 10.3 Å². The smallest absolute Gasteiger partial charge is 0.267 e. The number of hydrogen-bond acceptors (Lipinski definition) is 8. The predicted molar refractivity (Wildman–Crippen MR) is 99.2 cm³/mol. The van der Waals surface area contributed by atoms with E-state index in [0.29, 0.717) is 19.4 Å². The van der Waals surface area contributed by atoms with Gasteiger partial charge in [-0.3, -0.25) is 9.36 Å². The summed E-state index contributed by atoms with van der Waals surface area (Å²) in [5.74, 6) is 0.781. The van der Waals surface area contributed by atoms with Crippen LogP contribution in [0.2, 0.25) is 0 Å². The monoisotopic (exact) mass is 407 g/mol. The third-order valence-corrected chi connectivity index (χ3v) is 6.27. The summed E-state index contributed by atoms with van der Waals surface area (Å²) in [4.78, 5) is 26.8. The first kappa shape index (κ1) is 22.5. The van der Waals surface area contributed by atoms with Crippen LogP contribution in [-0.4, -0.2) is 36.9 Å². The lowest BCUT2D eigenvalue weighted by molar-refractivity contribution is -0.223. The van der Waals surface area contributed by atoms with Crippen molar-refractivity contribution in [3.63, 3.8) is 0 Å². The van der Waals surface area contributed by atoms with Gasteiger partial charge in [-0.2, -0.15) is 0 Å². The molecule has 0 aliphatic heterocycles. The number of phosphoric ester groups is 1. The standard InChI is InChI=1S/C15H25N2O5PS2/c1-21-23(19,20)22-12-7-3-2-5-10-16-14(18)9-13-24-25-15-8-4-6-11-17-15/h4,6,8,11H,2-3,5,7,9-10,12-13H2,1H3,(H,16,18)(H,19,20)/p-1. The van der Waals surface area contributed by atoms with Crippen molar-refractivity contribution in [3.05, 3.63) is 24.4 Å². The molecule has 0 saturated heterocycles. The van der Waals surface area contributed by atoms with Crippen LogP contribution in [-0.2, 0) is 18.4 Å². The second-order valence-electron chi connectivity index (χ2n) is 5.05. The molecular formula is C15H24N2O5PS2-. The Morgan fingerprint density at radius 2 is 2.12 bits per heavy atom. The first-order valence-electron chi connectivity index (χ1n) is 8.02. The summed E-state index contributed by atoms with van der Waals surface area (Å²) in [5.41, 5.74) is 0. The molecule has 7 nitrogen and oxygen atoms in total. The Hall–Kier alpha value is -0.570. The lowest BCUT2D eigenvalue weighted by atomic mass is 10.2. The zero-order valence-electron chi connectivity index (χ0n) is 14.2. The summed E-state index contributed by atoms with van der Waals surface area (Å²) < 4.78 is 19.7. The molecule has 0 aromatic carbocycles. The van der Waals surface area contributed by atoms with Crippen molar-refractivity contribution in [1.29, 1.82) is 0 Å². The number of unbranched alkanes of at least 4 members (excludes halogenated alkanes) is 3. The largest absolute Gasteiger partial charge is 0.756 e. The van der Waals surface area contributed by atoms with E-state index in [0.717, 1.165) is 37.2 Å². The van der Waals surface area contributed by atoms with Crippen LogP contribution in [0.25, 0.3) is 0 Å². The minimum atomic E-state index is -4.10. The summed E-state index contributed by atoms with van der Waals surface area (Å²) in [6, 6.07) is 5.75. The lowest BCUT2D eigenvalue weighted by Gasteiger charge is -2.19. The number of carbonyl (C=O) groups excluding carboxylic acids is 1. The molecule has 0 aliphatic carbocycles. The van der Waals surface area contributed by atoms with Crippen molar-refractivity contribution in [2.75, 3.05) is 26.0 Å². The maximum absolute atomic E-state index is 11.7. The van der Waals surface area contributed by atoms with Gasteiger partial charge in [-0.15, -0.1) is 0 Å². The average molecular weight is 407 g/mol. The van der Waals surface area contributed by atoms with Crippen LogP contribution in [0, 0.1) is 0 Å². The number of nitrogens with zero attached hydrogens (tertiary/aromatic N) is 1. The van der Waals surface area contributed by atoms with E-state index >= 15 is 0 Å². The minimum Gasteiger partial charge on any atom is -0.756 e. The molecule has 0 radical (unpaired) electrons. The van der Waals surface area contributed by atoms with Crippen LogP contribution >= 0.6 is 29.4 Å². The van der Waals surface area contributed by atoms with Gasteiger partial charge in [-0.25, -0.2) is 4.98 Å². The Morgan fingerprint density at radius 3 is 2.84 bits per heavy atom. The molecule has 0 spiro atoms. The maximum Gasteiger partial charge on any atom is 0.267 e. The van der Waals surface area contributed by atoms with E-state index in [2.05, 4.69) is 19.3 Å². The van der Waals surface area contributed by atoms with Gasteiger partial charge in [-0.1, -0.05) is 29.7 Å². The molecule has 0 saturated carbocycles. The van der Waals surface area contributed by atoms with Gasteiger partial charge in [0.25, 0.3) is 7.82 Å². The number of amides is 1. The van der Waals surface area contributed by atoms with Crippen molar-refractivity contribution < 1.29 is 23.3 Å². The molecule has 0 aliphatic rings. The zero-order chi connectivity index (χ0) is 18.4. The number of carbonyl (C=O) groups is 1. The van der Waals surface area contributed by atoms with E-state index in [1.165, 1.54) is 0 Å². The SMILES string of the molecule is COP(=O)([O-])OCCCCCCNC(=O)CCSSc1ccccn1. The molecule has 0 fully saturated rings. The third kappa shape index (κ3) is 12.4. The van der Waals surface area contributed by atoms with Gasteiger partial charge in [0.2, 0.25) is 5.91 Å². The van der Waals surface area contributed by atoms with Crippen LogP contribution in [0.3, 0.4) is 0 Å². The van der Waals surface area contributed by atoms with E-state index in [4.69, 9.17) is 0 Å². The summed E-state index contributed by atoms with van der Waals surface area (Å²) >= 11 is 0. The van der Waals surface area contributed by atoms with Gasteiger partial charge in [0.15, 0.2) is 0 Å². The number of nitrogens with one attached hydrogen (secondary N) is 1. The highest BCUT2D eigenvalue weighted by Gasteiger charge is 2.05. The van der Waals surface area contributed by atoms with Crippen molar-refractivity contribution in [2.45, 2.75) is 37.1 Å². The molecule has 1 heterocycles. The Bertz CT molecular complexity index is 536. The summed E-state index contributed by atoms with van der Waals surface area (Å²) in [6.45, 7) is 0.766. The molecule has 1 atom stereocenters. The van der Waals surface area contributed by atoms with Gasteiger partial charge < -0.3 is 19.3 Å². The van der Waals surface area contributed by atoms with Crippen LogP contribution < -0.4 is 10.2 Å². The second-order valence-corrected chi connectivity index (χ2v) is 9.00. The number of rotatable bonds is 14. The fraction of sp³-hybridized carbons (Fsp3) is 0.600. The fourth-order valence-electron chi connectivity index (χ4n) is 1.76. The topological polar surface area (TPSA) is 101 Å². The van der Waals surface area contributed by atoms with E-state index < -0.39 is 7.82 Å². The van der Waals surface area contributed by atoms with Crippen molar-refractivity contribution in [3.8, 4) is 0 Å². The highest BCUT2D eigenvalue weighted by Crippen LogP contribution is 2.36. The molecule has 1 amide bonds. The Kier molecular flexibility index (Phi) is 12.2. The van der Waals surface area contributed by atoms with Crippen molar-refractivity contribution in [2.24, 2.45) is 0 Å². The molecule has 1 rings (SSSR count). The quantitative estimate of drug-likeness (QED) is 0.285. The van der Waals surface area contributed by atoms with Crippen LogP contribution in [0.4, 0.5) is 0 Å². The predicted octanol–water partition coefficient (Wildman–Crippen LogP) is 3.02. The molecular weight excluding hydrogens is 383 g/mol. The lowest BCUT2D eigenvalue weighted by Crippen LogP contribution is -2.24. The second kappa shape index (κ2) is 13.6. The zero-order valence-corrected chi connectivity index (χ0v) is 16.7. The van der Waals surface area contributed by atoms with Gasteiger partial charge in [0.05, 0.1) is 6.61 Å². The number of hydrogen-bond donors (Lipinski definition) is 1. The van der Waals surface area contributed by atoms with Gasteiger partial charge in [0.1, 0.15) is 5.03 Å². The average Bonchev–Trinajstić information content (AvgIpc) is 2.62. The Morgan fingerprint density at radius 1 is 1.32 bits per heavy atom. The molecule has 1 aromatic rings.